The van der Waals surface area contributed by atoms with Crippen molar-refractivity contribution in [1.29, 1.82) is 0 Å². The number of hydrogen-bond donors (Lipinski definition) is 1. The number of nitro groups is 1. The molecule has 168 valence electrons. The number of anilines is 1. The van der Waals surface area contributed by atoms with Gasteiger partial charge in [0.25, 0.3) is 0 Å². The second-order valence-corrected chi connectivity index (χ2v) is 7.77. The molecular formula is C21H15BrClF3N2O4. The molecule has 0 radical (unpaired) electrons. The first kappa shape index (κ1) is 23.7. The minimum absolute atomic E-state index is 0.116. The topological polar surface area (TPSA) is 73.6 Å². The molecule has 0 fully saturated rings. The highest BCUT2D eigenvalue weighted by molar-refractivity contribution is 9.10. The Morgan fingerprint density at radius 1 is 1.06 bits per heavy atom. The van der Waals surface area contributed by atoms with Crippen LogP contribution in [-0.2, 0) is 12.7 Å². The number of nitrogens with zero attached hydrogens (tertiary/aromatic N) is 1. The third-order valence-electron chi connectivity index (χ3n) is 4.35. The molecule has 0 aliphatic carbocycles. The van der Waals surface area contributed by atoms with Gasteiger partial charge in [0, 0.05) is 22.8 Å². The van der Waals surface area contributed by atoms with Crippen LogP contribution in [0, 0.1) is 10.1 Å². The molecule has 6 nitrogen and oxygen atoms in total. The average molecular weight is 532 g/mol. The first-order chi connectivity index (χ1) is 15.1. The van der Waals surface area contributed by atoms with Crippen LogP contribution in [-0.4, -0.2) is 12.0 Å². The molecular weight excluding hydrogens is 517 g/mol. The average Bonchev–Trinajstić information content (AvgIpc) is 2.74. The van der Waals surface area contributed by atoms with E-state index in [1.54, 1.807) is 24.3 Å². The number of alkyl halides is 3. The van der Waals surface area contributed by atoms with Crippen LogP contribution in [0.2, 0.25) is 5.02 Å². The van der Waals surface area contributed by atoms with E-state index in [0.717, 1.165) is 27.9 Å². The predicted octanol–water partition coefficient (Wildman–Crippen LogP) is 7.44. The van der Waals surface area contributed by atoms with Crippen LogP contribution in [0.1, 0.15) is 11.1 Å². The van der Waals surface area contributed by atoms with Crippen molar-refractivity contribution < 1.29 is 27.6 Å². The minimum Gasteiger partial charge on any atom is -0.493 e. The van der Waals surface area contributed by atoms with Crippen molar-refractivity contribution in [2.24, 2.45) is 0 Å². The first-order valence-electron chi connectivity index (χ1n) is 8.98. The minimum atomic E-state index is -4.71. The van der Waals surface area contributed by atoms with E-state index in [4.69, 9.17) is 21.1 Å². The van der Waals surface area contributed by atoms with E-state index in [9.17, 15) is 23.3 Å². The summed E-state index contributed by atoms with van der Waals surface area (Å²) in [6, 6.07) is 12.3. The van der Waals surface area contributed by atoms with E-state index in [1.165, 1.54) is 13.2 Å². The van der Waals surface area contributed by atoms with E-state index in [1.807, 2.05) is 6.07 Å². The molecule has 32 heavy (non-hydrogen) atoms. The van der Waals surface area contributed by atoms with Gasteiger partial charge in [0.2, 0.25) is 5.75 Å². The molecule has 0 saturated heterocycles. The first-order valence-corrected chi connectivity index (χ1v) is 10.1. The van der Waals surface area contributed by atoms with Crippen LogP contribution in [0.3, 0.4) is 0 Å². The lowest BCUT2D eigenvalue weighted by Gasteiger charge is -2.14. The predicted molar refractivity (Wildman–Crippen MR) is 118 cm³/mol. The number of hydrogen-bond acceptors (Lipinski definition) is 5. The smallest absolute Gasteiger partial charge is 0.416 e. The van der Waals surface area contributed by atoms with Crippen molar-refractivity contribution in [3.63, 3.8) is 0 Å². The lowest BCUT2D eigenvalue weighted by atomic mass is 10.1. The molecule has 0 saturated carbocycles. The molecule has 0 heterocycles. The van der Waals surface area contributed by atoms with Gasteiger partial charge >= 0.3 is 11.9 Å². The number of nitrogens with one attached hydrogen (secondary N) is 1. The molecule has 0 amide bonds. The van der Waals surface area contributed by atoms with E-state index in [0.29, 0.717) is 17.6 Å². The van der Waals surface area contributed by atoms with Gasteiger partial charge < -0.3 is 14.8 Å². The summed E-state index contributed by atoms with van der Waals surface area (Å²) < 4.78 is 50.3. The van der Waals surface area contributed by atoms with Crippen molar-refractivity contribution in [2.45, 2.75) is 12.7 Å². The van der Waals surface area contributed by atoms with Gasteiger partial charge in [0.15, 0.2) is 11.5 Å². The number of benzene rings is 3. The van der Waals surface area contributed by atoms with Gasteiger partial charge in [-0.3, -0.25) is 10.1 Å². The summed E-state index contributed by atoms with van der Waals surface area (Å²) in [4.78, 5) is 10.3. The zero-order valence-corrected chi connectivity index (χ0v) is 18.7. The maximum absolute atomic E-state index is 12.9. The largest absolute Gasteiger partial charge is 0.493 e. The molecule has 0 aliphatic heterocycles. The van der Waals surface area contributed by atoms with Gasteiger partial charge in [-0.15, -0.1) is 0 Å². The third-order valence-corrected chi connectivity index (χ3v) is 5.58. The fraction of sp³-hybridized carbons (Fsp3) is 0.143. The normalized spacial score (nSPS) is 11.2. The fourth-order valence-electron chi connectivity index (χ4n) is 2.76. The van der Waals surface area contributed by atoms with Gasteiger partial charge in [0.05, 0.1) is 22.6 Å². The van der Waals surface area contributed by atoms with E-state index >= 15 is 0 Å². The number of methoxy groups -OCH3 is 1. The Balaban J connectivity index is 1.82. The Morgan fingerprint density at radius 2 is 1.78 bits per heavy atom. The molecule has 0 aliphatic rings. The monoisotopic (exact) mass is 530 g/mol. The second kappa shape index (κ2) is 9.66. The summed E-state index contributed by atoms with van der Waals surface area (Å²) in [7, 11) is 1.38. The summed E-state index contributed by atoms with van der Waals surface area (Å²) in [5.74, 6) is 0.0369. The Labute approximate surface area is 194 Å². The third kappa shape index (κ3) is 5.63. The van der Waals surface area contributed by atoms with E-state index in [-0.39, 0.29) is 17.2 Å². The highest BCUT2D eigenvalue weighted by Crippen LogP contribution is 2.40. The fourth-order valence-corrected chi connectivity index (χ4v) is 3.18. The van der Waals surface area contributed by atoms with Crippen molar-refractivity contribution in [2.75, 3.05) is 12.4 Å². The van der Waals surface area contributed by atoms with Crippen LogP contribution in [0.4, 0.5) is 24.5 Å². The Hall–Kier alpha value is -2.98. The van der Waals surface area contributed by atoms with Gasteiger partial charge in [-0.25, -0.2) is 0 Å². The maximum Gasteiger partial charge on any atom is 0.416 e. The molecule has 0 unspecified atom stereocenters. The van der Waals surface area contributed by atoms with Gasteiger partial charge in [0.1, 0.15) is 0 Å². The van der Waals surface area contributed by atoms with Gasteiger partial charge in [-0.05, 0) is 64.0 Å². The lowest BCUT2D eigenvalue weighted by molar-refractivity contribution is -0.385. The number of ether oxygens (including phenoxy) is 2. The van der Waals surface area contributed by atoms with Crippen LogP contribution in [0.15, 0.2) is 59.1 Å². The van der Waals surface area contributed by atoms with Crippen LogP contribution >= 0.6 is 27.5 Å². The zero-order chi connectivity index (χ0) is 23.5. The molecule has 1 N–H and O–H groups in total. The van der Waals surface area contributed by atoms with Crippen LogP contribution in [0.25, 0.3) is 0 Å². The summed E-state index contributed by atoms with van der Waals surface area (Å²) in [6.07, 6.45) is -4.71. The molecule has 0 spiro atoms. The SMILES string of the molecule is COc1cc(CNc2ccc(Br)c(Cl)c2)ccc1Oc1ccc(C(F)(F)F)cc1[N+](=O)[O-]. The number of rotatable bonds is 7. The van der Waals surface area contributed by atoms with Crippen LogP contribution in [0.5, 0.6) is 17.2 Å². The van der Waals surface area contributed by atoms with Crippen molar-refractivity contribution in [1.82, 2.24) is 0 Å². The lowest BCUT2D eigenvalue weighted by Crippen LogP contribution is -2.06. The Bertz CT molecular complexity index is 1160. The van der Waals surface area contributed by atoms with Crippen molar-refractivity contribution >= 4 is 38.9 Å². The zero-order valence-electron chi connectivity index (χ0n) is 16.4. The van der Waals surface area contributed by atoms with Crippen molar-refractivity contribution in [3.8, 4) is 17.2 Å². The summed E-state index contributed by atoms with van der Waals surface area (Å²) >= 11 is 9.40. The summed E-state index contributed by atoms with van der Waals surface area (Å²) in [5.41, 5.74) is -0.356. The van der Waals surface area contributed by atoms with Gasteiger partial charge in [-0.2, -0.15) is 13.2 Å². The number of nitro benzene ring substituents is 1. The maximum atomic E-state index is 12.9. The standard InChI is InChI=1S/C21H15BrClF3N2O4/c1-31-20-8-12(11-27-14-4-5-15(22)16(23)10-14)2-6-19(20)32-18-7-3-13(21(24,25)26)9-17(18)28(29)30/h2-10,27H,11H2,1H3. The van der Waals surface area contributed by atoms with E-state index < -0.39 is 22.4 Å². The molecule has 3 rings (SSSR count). The van der Waals surface area contributed by atoms with Gasteiger partial charge in [-0.1, -0.05) is 17.7 Å². The summed E-state index contributed by atoms with van der Waals surface area (Å²) in [6.45, 7) is 0.412. The molecule has 3 aromatic rings. The highest BCUT2D eigenvalue weighted by atomic mass is 79.9. The quantitative estimate of drug-likeness (QED) is 0.253. The Kier molecular flexibility index (Phi) is 7.15. The summed E-state index contributed by atoms with van der Waals surface area (Å²) in [5, 5.41) is 15.0. The molecule has 11 heteroatoms. The molecule has 0 atom stereocenters. The van der Waals surface area contributed by atoms with Crippen molar-refractivity contribution in [3.05, 3.63) is 85.3 Å². The molecule has 0 aromatic heterocycles. The highest BCUT2D eigenvalue weighted by Gasteiger charge is 2.33. The molecule has 3 aromatic carbocycles. The number of halogens is 5. The van der Waals surface area contributed by atoms with E-state index in [2.05, 4.69) is 21.2 Å². The van der Waals surface area contributed by atoms with Crippen LogP contribution < -0.4 is 14.8 Å². The second-order valence-electron chi connectivity index (χ2n) is 6.51. The molecule has 0 bridgehead atoms. The Morgan fingerprint density at radius 3 is 2.41 bits per heavy atom.